The molecule has 1 saturated heterocycles. The molecule has 6 nitrogen and oxygen atoms in total. The summed E-state index contributed by atoms with van der Waals surface area (Å²) in [5, 5.41) is 2.35. The van der Waals surface area contributed by atoms with Gasteiger partial charge in [0.25, 0.3) is 5.91 Å². The molecule has 0 saturated carbocycles. The number of para-hydroxylation sites is 2. The molecule has 34 heavy (non-hydrogen) atoms. The van der Waals surface area contributed by atoms with Gasteiger partial charge in [0, 0.05) is 47.5 Å². The van der Waals surface area contributed by atoms with Gasteiger partial charge in [-0.3, -0.25) is 4.79 Å². The zero-order chi connectivity index (χ0) is 23.3. The van der Waals surface area contributed by atoms with Gasteiger partial charge < -0.3 is 19.8 Å². The van der Waals surface area contributed by atoms with E-state index in [9.17, 15) is 4.79 Å². The first-order valence-corrected chi connectivity index (χ1v) is 11.9. The van der Waals surface area contributed by atoms with Gasteiger partial charge in [0.05, 0.1) is 12.1 Å². The molecule has 3 aromatic carbocycles. The van der Waals surface area contributed by atoms with Crippen LogP contribution in [0.3, 0.4) is 0 Å². The van der Waals surface area contributed by atoms with E-state index in [1.165, 1.54) is 10.9 Å². The Hall–Kier alpha value is -3.64. The van der Waals surface area contributed by atoms with Crippen LogP contribution in [0.5, 0.6) is 5.75 Å². The largest absolute Gasteiger partial charge is 0.494 e. The maximum Gasteiger partial charge on any atom is 0.278 e. The highest BCUT2D eigenvalue weighted by atomic mass is 16.5. The number of ether oxygens (including phenoxy) is 2. The third-order valence-corrected chi connectivity index (χ3v) is 6.35. The molecule has 0 bridgehead atoms. The van der Waals surface area contributed by atoms with Crippen molar-refractivity contribution >= 4 is 33.5 Å². The maximum absolute atomic E-state index is 12.9. The lowest BCUT2D eigenvalue weighted by atomic mass is 10.1. The number of hydrogen-bond acceptors (Lipinski definition) is 3. The molecule has 0 radical (unpaired) electrons. The average molecular weight is 456 g/mol. The normalized spacial score (nSPS) is 15.1. The number of aromatic nitrogens is 1. The predicted octanol–water partition coefficient (Wildman–Crippen LogP) is 5.50. The summed E-state index contributed by atoms with van der Waals surface area (Å²) < 4.78 is 13.6. The number of nitrogens with two attached hydrogens (primary N) is 1. The molecule has 1 aliphatic rings. The summed E-state index contributed by atoms with van der Waals surface area (Å²) in [6.07, 6.45) is 3.11. The van der Waals surface area contributed by atoms with Crippen LogP contribution in [0.1, 0.15) is 42.1 Å². The maximum atomic E-state index is 12.9. The van der Waals surface area contributed by atoms with Gasteiger partial charge >= 0.3 is 0 Å². The van der Waals surface area contributed by atoms with Gasteiger partial charge in [-0.15, -0.1) is 0 Å². The summed E-state index contributed by atoms with van der Waals surface area (Å²) in [6, 6.07) is 24.2. The minimum atomic E-state index is -0.313. The highest BCUT2D eigenvalue weighted by Gasteiger charge is 2.21. The van der Waals surface area contributed by atoms with Crippen molar-refractivity contribution < 1.29 is 14.3 Å². The van der Waals surface area contributed by atoms with E-state index >= 15 is 0 Å². The summed E-state index contributed by atoms with van der Waals surface area (Å²) in [7, 11) is 0. The summed E-state index contributed by atoms with van der Waals surface area (Å²) >= 11 is 0. The fourth-order valence-corrected chi connectivity index (χ4v) is 4.68. The monoisotopic (exact) mass is 455 g/mol. The number of hydrogen-bond donors (Lipinski definition) is 1. The quantitative estimate of drug-likeness (QED) is 0.227. The molecule has 0 aliphatic carbocycles. The first kappa shape index (κ1) is 22.2. The Bertz CT molecular complexity index is 1320. The molecule has 0 atom stereocenters. The molecule has 5 rings (SSSR count). The van der Waals surface area contributed by atoms with E-state index in [1.807, 2.05) is 48.5 Å². The topological polar surface area (TPSA) is 78.8 Å². The van der Waals surface area contributed by atoms with Gasteiger partial charge in [0.1, 0.15) is 11.6 Å². The standard InChI is InChI=1S/C28H29N3O3/c29-27(11-6-16-34-22-7-2-1-3-8-22)30-28(32)20-12-13-24-23-9-4-5-10-25(23)31(26(24)19-20)21-14-17-33-18-15-21/h1-5,7-10,12-13,19,21H,6,11,14-18H2,(H2,29,30,32). The lowest BCUT2D eigenvalue weighted by Gasteiger charge is -2.25. The lowest BCUT2D eigenvalue weighted by Crippen LogP contribution is -2.19. The van der Waals surface area contributed by atoms with Crippen molar-refractivity contribution in [3.8, 4) is 5.75 Å². The Morgan fingerprint density at radius 2 is 1.71 bits per heavy atom. The van der Waals surface area contributed by atoms with Crippen LogP contribution in [0.4, 0.5) is 0 Å². The highest BCUT2D eigenvalue weighted by molar-refractivity contribution is 6.11. The van der Waals surface area contributed by atoms with E-state index in [1.54, 1.807) is 0 Å². The predicted molar refractivity (Wildman–Crippen MR) is 136 cm³/mol. The molecule has 1 amide bonds. The van der Waals surface area contributed by atoms with E-state index in [4.69, 9.17) is 15.2 Å². The number of amidine groups is 1. The average Bonchev–Trinajstić information content (AvgIpc) is 3.21. The van der Waals surface area contributed by atoms with E-state index in [0.29, 0.717) is 36.9 Å². The molecule has 2 heterocycles. The van der Waals surface area contributed by atoms with Gasteiger partial charge in [0.15, 0.2) is 0 Å². The van der Waals surface area contributed by atoms with Crippen LogP contribution in [0.2, 0.25) is 0 Å². The lowest BCUT2D eigenvalue weighted by molar-refractivity contribution is 0.0717. The van der Waals surface area contributed by atoms with E-state index in [2.05, 4.69) is 33.8 Å². The number of rotatable bonds is 7. The second-order valence-electron chi connectivity index (χ2n) is 8.64. The number of amides is 1. The molecular formula is C28H29N3O3. The fraction of sp³-hybridized carbons (Fsp3) is 0.286. The van der Waals surface area contributed by atoms with Crippen molar-refractivity contribution in [1.82, 2.24) is 4.57 Å². The molecule has 6 heteroatoms. The van der Waals surface area contributed by atoms with Crippen molar-refractivity contribution in [2.24, 2.45) is 10.7 Å². The SMILES string of the molecule is NC(CCCOc1ccccc1)=NC(=O)c1ccc2c3ccccc3n(C3CCOCC3)c2c1. The first-order chi connectivity index (χ1) is 16.7. The van der Waals surface area contributed by atoms with Crippen molar-refractivity contribution in [3.63, 3.8) is 0 Å². The molecular weight excluding hydrogens is 426 g/mol. The Morgan fingerprint density at radius 3 is 2.53 bits per heavy atom. The van der Waals surface area contributed by atoms with Gasteiger partial charge in [-0.2, -0.15) is 4.99 Å². The van der Waals surface area contributed by atoms with Crippen LogP contribution in [-0.2, 0) is 4.74 Å². The van der Waals surface area contributed by atoms with Crippen LogP contribution >= 0.6 is 0 Å². The minimum absolute atomic E-state index is 0.313. The van der Waals surface area contributed by atoms with Crippen LogP contribution < -0.4 is 10.5 Å². The van der Waals surface area contributed by atoms with E-state index in [-0.39, 0.29) is 5.91 Å². The molecule has 0 spiro atoms. The second kappa shape index (κ2) is 10.1. The van der Waals surface area contributed by atoms with Crippen LogP contribution in [-0.4, -0.2) is 36.1 Å². The Morgan fingerprint density at radius 1 is 0.971 bits per heavy atom. The van der Waals surface area contributed by atoms with Gasteiger partial charge in [-0.05, 0) is 49.6 Å². The van der Waals surface area contributed by atoms with Crippen LogP contribution in [0.15, 0.2) is 77.8 Å². The molecule has 4 aromatic rings. The molecule has 1 fully saturated rings. The second-order valence-corrected chi connectivity index (χ2v) is 8.64. The molecule has 2 N–H and O–H groups in total. The van der Waals surface area contributed by atoms with Crippen molar-refractivity contribution in [2.45, 2.75) is 31.7 Å². The zero-order valence-corrected chi connectivity index (χ0v) is 19.2. The molecule has 1 aliphatic heterocycles. The third-order valence-electron chi connectivity index (χ3n) is 6.35. The summed E-state index contributed by atoms with van der Waals surface area (Å²) in [5.41, 5.74) is 8.86. The number of carbonyl (C=O) groups excluding carboxylic acids is 1. The van der Waals surface area contributed by atoms with Gasteiger partial charge in [0.2, 0.25) is 0 Å². The number of benzene rings is 3. The van der Waals surface area contributed by atoms with Crippen LogP contribution in [0, 0.1) is 0 Å². The summed E-state index contributed by atoms with van der Waals surface area (Å²) in [4.78, 5) is 17.1. The molecule has 1 aromatic heterocycles. The number of aliphatic imine (C=N–C) groups is 1. The van der Waals surface area contributed by atoms with E-state index < -0.39 is 0 Å². The van der Waals surface area contributed by atoms with Crippen molar-refractivity contribution in [1.29, 1.82) is 0 Å². The van der Waals surface area contributed by atoms with Crippen molar-refractivity contribution in [3.05, 3.63) is 78.4 Å². The Labute approximate surface area is 199 Å². The van der Waals surface area contributed by atoms with Crippen molar-refractivity contribution in [2.75, 3.05) is 19.8 Å². The van der Waals surface area contributed by atoms with E-state index in [0.717, 1.165) is 42.7 Å². The van der Waals surface area contributed by atoms with Gasteiger partial charge in [-0.25, -0.2) is 0 Å². The minimum Gasteiger partial charge on any atom is -0.494 e. The van der Waals surface area contributed by atoms with Gasteiger partial charge in [-0.1, -0.05) is 42.5 Å². The number of fused-ring (bicyclic) bond motifs is 3. The third kappa shape index (κ3) is 4.68. The van der Waals surface area contributed by atoms with Crippen LogP contribution in [0.25, 0.3) is 21.8 Å². The Kier molecular flexibility index (Phi) is 6.58. The smallest absolute Gasteiger partial charge is 0.278 e. The Balaban J connectivity index is 1.35. The fourth-order valence-electron chi connectivity index (χ4n) is 4.68. The zero-order valence-electron chi connectivity index (χ0n) is 19.2. The highest BCUT2D eigenvalue weighted by Crippen LogP contribution is 2.35. The number of carbonyl (C=O) groups is 1. The molecule has 0 unspecified atom stereocenters. The number of nitrogens with zero attached hydrogens (tertiary/aromatic N) is 2. The summed E-state index contributed by atoms with van der Waals surface area (Å²) in [5.74, 6) is 0.834. The first-order valence-electron chi connectivity index (χ1n) is 11.9. The molecule has 174 valence electrons. The summed E-state index contributed by atoms with van der Waals surface area (Å²) in [6.45, 7) is 2.03.